The summed E-state index contributed by atoms with van der Waals surface area (Å²) in [5.41, 5.74) is 4.39. The first kappa shape index (κ1) is 13.0. The number of nitrogens with zero attached hydrogens (tertiary/aromatic N) is 1. The SMILES string of the molecule is Cc1ncsc1CNCc1cc(-c2cccs2)cs1. The van der Waals surface area contributed by atoms with Crippen molar-refractivity contribution in [3.05, 3.63) is 49.9 Å². The average Bonchev–Trinajstić information content (AvgIpc) is 3.11. The highest BCUT2D eigenvalue weighted by Crippen LogP contribution is 2.29. The molecule has 98 valence electrons. The summed E-state index contributed by atoms with van der Waals surface area (Å²) >= 11 is 5.33. The van der Waals surface area contributed by atoms with Crippen LogP contribution in [0.25, 0.3) is 10.4 Å². The van der Waals surface area contributed by atoms with Crippen molar-refractivity contribution in [1.82, 2.24) is 10.3 Å². The van der Waals surface area contributed by atoms with Gasteiger partial charge in [0.15, 0.2) is 0 Å². The number of hydrogen-bond donors (Lipinski definition) is 1. The van der Waals surface area contributed by atoms with Crippen LogP contribution in [0.4, 0.5) is 0 Å². The van der Waals surface area contributed by atoms with Gasteiger partial charge >= 0.3 is 0 Å². The van der Waals surface area contributed by atoms with Gasteiger partial charge in [0.2, 0.25) is 0 Å². The van der Waals surface area contributed by atoms with E-state index in [-0.39, 0.29) is 0 Å². The predicted molar refractivity (Wildman–Crippen MR) is 85.0 cm³/mol. The minimum atomic E-state index is 0.905. The quantitative estimate of drug-likeness (QED) is 0.749. The molecule has 0 aliphatic carbocycles. The number of nitrogens with one attached hydrogen (secondary N) is 1. The summed E-state index contributed by atoms with van der Waals surface area (Å²) in [6, 6.07) is 6.55. The lowest BCUT2D eigenvalue weighted by Crippen LogP contribution is -2.11. The van der Waals surface area contributed by atoms with Crippen LogP contribution in [0.2, 0.25) is 0 Å². The minimum absolute atomic E-state index is 0.905. The molecule has 0 bridgehead atoms. The van der Waals surface area contributed by atoms with Crippen LogP contribution in [0.1, 0.15) is 15.4 Å². The van der Waals surface area contributed by atoms with Crippen molar-refractivity contribution in [2.45, 2.75) is 20.0 Å². The number of thiophene rings is 2. The zero-order valence-electron chi connectivity index (χ0n) is 10.6. The fraction of sp³-hybridized carbons (Fsp3) is 0.214. The molecule has 3 aromatic heterocycles. The molecule has 0 saturated carbocycles. The second kappa shape index (κ2) is 5.96. The van der Waals surface area contributed by atoms with E-state index in [0.29, 0.717) is 0 Å². The lowest BCUT2D eigenvalue weighted by molar-refractivity contribution is 0.705. The Morgan fingerprint density at radius 1 is 1.21 bits per heavy atom. The molecule has 3 aromatic rings. The third-order valence-corrected chi connectivity index (χ3v) is 5.68. The van der Waals surface area contributed by atoms with Crippen molar-refractivity contribution in [3.63, 3.8) is 0 Å². The maximum absolute atomic E-state index is 4.26. The van der Waals surface area contributed by atoms with E-state index >= 15 is 0 Å². The van der Waals surface area contributed by atoms with Crippen molar-refractivity contribution in [2.75, 3.05) is 0 Å². The van der Waals surface area contributed by atoms with Crippen LogP contribution >= 0.6 is 34.0 Å². The molecule has 0 radical (unpaired) electrons. The third-order valence-electron chi connectivity index (χ3n) is 2.89. The van der Waals surface area contributed by atoms with Gasteiger partial charge in [0.1, 0.15) is 0 Å². The standard InChI is InChI=1S/C14H14N2S3/c1-10-14(19-9-16-10)7-15-6-12-5-11(8-18-12)13-3-2-4-17-13/h2-5,8-9,15H,6-7H2,1H3. The molecule has 5 heteroatoms. The molecule has 0 amide bonds. The van der Waals surface area contributed by atoms with Gasteiger partial charge in [0.05, 0.1) is 11.2 Å². The summed E-state index contributed by atoms with van der Waals surface area (Å²) < 4.78 is 0. The summed E-state index contributed by atoms with van der Waals surface area (Å²) in [5, 5.41) is 7.85. The maximum atomic E-state index is 4.26. The van der Waals surface area contributed by atoms with E-state index in [1.54, 1.807) is 22.7 Å². The van der Waals surface area contributed by atoms with Gasteiger partial charge in [-0.25, -0.2) is 4.98 Å². The van der Waals surface area contributed by atoms with Gasteiger partial charge in [0, 0.05) is 33.3 Å². The molecule has 0 saturated heterocycles. The highest BCUT2D eigenvalue weighted by Gasteiger charge is 2.04. The second-order valence-corrected chi connectivity index (χ2v) is 7.13. The van der Waals surface area contributed by atoms with Gasteiger partial charge in [-0.05, 0) is 29.8 Å². The van der Waals surface area contributed by atoms with Crippen molar-refractivity contribution >= 4 is 34.0 Å². The zero-order chi connectivity index (χ0) is 13.1. The third kappa shape index (κ3) is 3.12. The topological polar surface area (TPSA) is 24.9 Å². The Morgan fingerprint density at radius 2 is 2.16 bits per heavy atom. The highest BCUT2D eigenvalue weighted by molar-refractivity contribution is 7.14. The van der Waals surface area contributed by atoms with Crippen molar-refractivity contribution in [1.29, 1.82) is 0 Å². The second-order valence-electron chi connectivity index (χ2n) is 4.24. The largest absolute Gasteiger partial charge is 0.307 e. The Kier molecular flexibility index (Phi) is 4.08. The molecule has 0 aliphatic heterocycles. The monoisotopic (exact) mass is 306 g/mol. The van der Waals surface area contributed by atoms with Crippen molar-refractivity contribution in [2.24, 2.45) is 0 Å². The van der Waals surface area contributed by atoms with Crippen molar-refractivity contribution < 1.29 is 0 Å². The molecule has 0 aromatic carbocycles. The highest BCUT2D eigenvalue weighted by atomic mass is 32.1. The van der Waals surface area contributed by atoms with Crippen LogP contribution in [0.5, 0.6) is 0 Å². The fourth-order valence-electron chi connectivity index (χ4n) is 1.84. The van der Waals surface area contributed by atoms with E-state index in [1.165, 1.54) is 20.2 Å². The normalized spacial score (nSPS) is 11.0. The average molecular weight is 306 g/mol. The maximum Gasteiger partial charge on any atom is 0.0798 e. The molecule has 2 nitrogen and oxygen atoms in total. The van der Waals surface area contributed by atoms with Crippen molar-refractivity contribution in [3.8, 4) is 10.4 Å². The first-order chi connectivity index (χ1) is 9.33. The van der Waals surface area contributed by atoms with Crippen LogP contribution in [0, 0.1) is 6.92 Å². The van der Waals surface area contributed by atoms with E-state index < -0.39 is 0 Å². The molecule has 0 aliphatic rings. The minimum Gasteiger partial charge on any atom is -0.307 e. The predicted octanol–water partition coefficient (Wildman–Crippen LogP) is 4.53. The Labute approximate surface area is 124 Å². The Balaban J connectivity index is 1.58. The molecule has 3 rings (SSSR count). The van der Waals surface area contributed by atoms with Gasteiger partial charge < -0.3 is 5.32 Å². The summed E-state index contributed by atoms with van der Waals surface area (Å²) in [5.74, 6) is 0. The van der Waals surface area contributed by atoms with Crippen LogP contribution in [0.15, 0.2) is 34.5 Å². The van der Waals surface area contributed by atoms with E-state index in [9.17, 15) is 0 Å². The molecule has 0 atom stereocenters. The molecular weight excluding hydrogens is 292 g/mol. The van der Waals surface area contributed by atoms with Crippen LogP contribution in [0.3, 0.4) is 0 Å². The molecular formula is C14H14N2S3. The van der Waals surface area contributed by atoms with Gasteiger partial charge in [-0.15, -0.1) is 34.0 Å². The first-order valence-electron chi connectivity index (χ1n) is 6.04. The lowest BCUT2D eigenvalue weighted by Gasteiger charge is -2.01. The summed E-state index contributed by atoms with van der Waals surface area (Å²) in [7, 11) is 0. The summed E-state index contributed by atoms with van der Waals surface area (Å²) in [4.78, 5) is 8.32. The summed E-state index contributed by atoms with van der Waals surface area (Å²) in [6.45, 7) is 3.89. The van der Waals surface area contributed by atoms with Gasteiger partial charge in [-0.1, -0.05) is 6.07 Å². The number of thiazole rings is 1. The number of hydrogen-bond acceptors (Lipinski definition) is 5. The summed E-state index contributed by atoms with van der Waals surface area (Å²) in [6.07, 6.45) is 0. The number of aryl methyl sites for hydroxylation is 1. The Morgan fingerprint density at radius 3 is 2.89 bits per heavy atom. The Hall–Kier alpha value is -1.01. The van der Waals surface area contributed by atoms with E-state index in [4.69, 9.17) is 0 Å². The molecule has 19 heavy (non-hydrogen) atoms. The smallest absolute Gasteiger partial charge is 0.0798 e. The van der Waals surface area contributed by atoms with Gasteiger partial charge in [0.25, 0.3) is 0 Å². The molecule has 0 spiro atoms. The van der Waals surface area contributed by atoms with Crippen LogP contribution in [-0.2, 0) is 13.1 Å². The number of aromatic nitrogens is 1. The zero-order valence-corrected chi connectivity index (χ0v) is 13.0. The van der Waals surface area contributed by atoms with Crippen LogP contribution in [-0.4, -0.2) is 4.98 Å². The van der Waals surface area contributed by atoms with E-state index in [0.717, 1.165) is 18.8 Å². The molecule has 0 unspecified atom stereocenters. The van der Waals surface area contributed by atoms with E-state index in [2.05, 4.69) is 46.2 Å². The van der Waals surface area contributed by atoms with E-state index in [1.807, 2.05) is 16.8 Å². The van der Waals surface area contributed by atoms with Crippen LogP contribution < -0.4 is 5.32 Å². The number of rotatable bonds is 5. The first-order valence-corrected chi connectivity index (χ1v) is 8.68. The fourth-order valence-corrected chi connectivity index (χ4v) is 4.23. The molecule has 3 heterocycles. The van der Waals surface area contributed by atoms with Gasteiger partial charge in [-0.2, -0.15) is 0 Å². The lowest BCUT2D eigenvalue weighted by atomic mass is 10.2. The molecule has 1 N–H and O–H groups in total. The van der Waals surface area contributed by atoms with Gasteiger partial charge in [-0.3, -0.25) is 0 Å². The molecule has 0 fully saturated rings. The Bertz CT molecular complexity index is 637.